The number of nitrogens with zero attached hydrogens (tertiary/aromatic N) is 2. The minimum atomic E-state index is 0.678. The van der Waals surface area contributed by atoms with E-state index in [1.807, 2.05) is 6.07 Å². The lowest BCUT2D eigenvalue weighted by atomic mass is 10.1. The third-order valence-electron chi connectivity index (χ3n) is 2.87. The van der Waals surface area contributed by atoms with Gasteiger partial charge in [-0.3, -0.25) is 0 Å². The molecular formula is C12H13BrN2S. The molecule has 4 heteroatoms. The molecule has 0 radical (unpaired) electrons. The molecule has 0 N–H and O–H groups in total. The van der Waals surface area contributed by atoms with Crippen LogP contribution in [0.4, 0.5) is 0 Å². The monoisotopic (exact) mass is 296 g/mol. The Balaban J connectivity index is 2.00. The molecule has 0 bridgehead atoms. The molecule has 0 saturated heterocycles. The second-order valence-electron chi connectivity index (χ2n) is 4.08. The molecule has 16 heavy (non-hydrogen) atoms. The van der Waals surface area contributed by atoms with Gasteiger partial charge in [-0.1, -0.05) is 12.8 Å². The zero-order chi connectivity index (χ0) is 11.4. The zero-order valence-corrected chi connectivity index (χ0v) is 11.4. The highest BCUT2D eigenvalue weighted by atomic mass is 79.9. The summed E-state index contributed by atoms with van der Waals surface area (Å²) >= 11 is 5.05. The number of hydrogen-bond acceptors (Lipinski definition) is 3. The lowest BCUT2D eigenvalue weighted by Crippen LogP contribution is -1.98. The van der Waals surface area contributed by atoms with Crippen LogP contribution in [0.15, 0.2) is 21.8 Å². The Morgan fingerprint density at radius 2 is 2.25 bits per heavy atom. The van der Waals surface area contributed by atoms with E-state index in [2.05, 4.69) is 27.0 Å². The van der Waals surface area contributed by atoms with E-state index in [1.54, 1.807) is 18.0 Å². The summed E-state index contributed by atoms with van der Waals surface area (Å²) in [6.07, 6.45) is 7.17. The topological polar surface area (TPSA) is 36.7 Å². The zero-order valence-electron chi connectivity index (χ0n) is 8.95. The van der Waals surface area contributed by atoms with Crippen molar-refractivity contribution in [1.82, 2.24) is 4.98 Å². The maximum atomic E-state index is 9.01. The van der Waals surface area contributed by atoms with Gasteiger partial charge in [0.05, 0.1) is 5.56 Å². The molecule has 1 aromatic rings. The number of rotatable bonds is 3. The van der Waals surface area contributed by atoms with Crippen LogP contribution in [0, 0.1) is 17.2 Å². The fourth-order valence-electron chi connectivity index (χ4n) is 2.00. The minimum absolute atomic E-state index is 0.678. The van der Waals surface area contributed by atoms with Crippen LogP contribution in [-0.2, 0) is 0 Å². The van der Waals surface area contributed by atoms with Crippen LogP contribution in [0.25, 0.3) is 0 Å². The van der Waals surface area contributed by atoms with E-state index < -0.39 is 0 Å². The van der Waals surface area contributed by atoms with E-state index in [-0.39, 0.29) is 0 Å². The number of nitriles is 1. The molecule has 0 aliphatic heterocycles. The van der Waals surface area contributed by atoms with E-state index in [0.29, 0.717) is 5.56 Å². The summed E-state index contributed by atoms with van der Waals surface area (Å²) in [5, 5.41) is 9.88. The van der Waals surface area contributed by atoms with E-state index in [4.69, 9.17) is 5.26 Å². The summed E-state index contributed by atoms with van der Waals surface area (Å²) in [7, 11) is 0. The molecule has 0 unspecified atom stereocenters. The fourth-order valence-corrected chi connectivity index (χ4v) is 3.44. The smallest absolute Gasteiger partial charge is 0.114 e. The van der Waals surface area contributed by atoms with Gasteiger partial charge < -0.3 is 0 Å². The lowest BCUT2D eigenvalue weighted by Gasteiger charge is -2.08. The molecule has 84 valence electrons. The largest absolute Gasteiger partial charge is 0.247 e. The Bertz CT molecular complexity index is 408. The van der Waals surface area contributed by atoms with Gasteiger partial charge in [0, 0.05) is 16.4 Å². The number of aromatic nitrogens is 1. The molecule has 0 amide bonds. The summed E-state index contributed by atoms with van der Waals surface area (Å²) in [4.78, 5) is 4.30. The van der Waals surface area contributed by atoms with Gasteiger partial charge in [-0.05, 0) is 40.8 Å². The third-order valence-corrected chi connectivity index (χ3v) is 4.54. The normalized spacial score (nSPS) is 16.2. The molecule has 0 spiro atoms. The van der Waals surface area contributed by atoms with Crippen molar-refractivity contribution >= 4 is 27.7 Å². The molecule has 0 aromatic carbocycles. The summed E-state index contributed by atoms with van der Waals surface area (Å²) in [5.41, 5.74) is 0.678. The number of hydrogen-bond donors (Lipinski definition) is 0. The SMILES string of the molecule is N#Cc1cc(Br)cnc1SCC1CCCC1. The highest BCUT2D eigenvalue weighted by Crippen LogP contribution is 2.31. The molecule has 0 atom stereocenters. The van der Waals surface area contributed by atoms with Crippen LogP contribution in [0.5, 0.6) is 0 Å². The molecule has 1 aromatic heterocycles. The second kappa shape index (κ2) is 5.70. The summed E-state index contributed by atoms with van der Waals surface area (Å²) in [6.45, 7) is 0. The van der Waals surface area contributed by atoms with Crippen LogP contribution in [-0.4, -0.2) is 10.7 Å². The van der Waals surface area contributed by atoms with Crippen molar-refractivity contribution < 1.29 is 0 Å². The van der Waals surface area contributed by atoms with Gasteiger partial charge in [0.25, 0.3) is 0 Å². The summed E-state index contributed by atoms with van der Waals surface area (Å²) in [5.74, 6) is 1.92. The van der Waals surface area contributed by atoms with Gasteiger partial charge in [0.1, 0.15) is 11.1 Å². The second-order valence-corrected chi connectivity index (χ2v) is 6.00. The van der Waals surface area contributed by atoms with Crippen LogP contribution < -0.4 is 0 Å². The Kier molecular flexibility index (Phi) is 4.25. The van der Waals surface area contributed by atoms with Crippen molar-refractivity contribution in [2.24, 2.45) is 5.92 Å². The standard InChI is InChI=1S/C12H13BrN2S/c13-11-5-10(6-14)12(15-7-11)16-8-9-3-1-2-4-9/h5,7,9H,1-4,8H2. The number of thioether (sulfide) groups is 1. The van der Waals surface area contributed by atoms with Gasteiger partial charge in [0.2, 0.25) is 0 Å². The van der Waals surface area contributed by atoms with E-state index >= 15 is 0 Å². The van der Waals surface area contributed by atoms with Gasteiger partial charge in [-0.2, -0.15) is 5.26 Å². The maximum absolute atomic E-state index is 9.01. The van der Waals surface area contributed by atoms with E-state index in [0.717, 1.165) is 21.2 Å². The predicted molar refractivity (Wildman–Crippen MR) is 69.3 cm³/mol. The van der Waals surface area contributed by atoms with Crippen LogP contribution in [0.3, 0.4) is 0 Å². The van der Waals surface area contributed by atoms with E-state index in [9.17, 15) is 0 Å². The van der Waals surface area contributed by atoms with Crippen molar-refractivity contribution in [1.29, 1.82) is 5.26 Å². The summed E-state index contributed by atoms with van der Waals surface area (Å²) < 4.78 is 0.870. The lowest BCUT2D eigenvalue weighted by molar-refractivity contribution is 0.623. The van der Waals surface area contributed by atoms with Crippen LogP contribution in [0.2, 0.25) is 0 Å². The Morgan fingerprint density at radius 1 is 1.50 bits per heavy atom. The minimum Gasteiger partial charge on any atom is -0.247 e. The highest BCUT2D eigenvalue weighted by Gasteiger charge is 2.16. The molecule has 1 heterocycles. The molecule has 1 saturated carbocycles. The third kappa shape index (κ3) is 2.99. The molecule has 2 rings (SSSR count). The van der Waals surface area contributed by atoms with E-state index in [1.165, 1.54) is 25.7 Å². The maximum Gasteiger partial charge on any atom is 0.114 e. The molecule has 2 nitrogen and oxygen atoms in total. The van der Waals surface area contributed by atoms with Gasteiger partial charge >= 0.3 is 0 Å². The van der Waals surface area contributed by atoms with Gasteiger partial charge in [0.15, 0.2) is 0 Å². The first kappa shape index (κ1) is 11.9. The van der Waals surface area contributed by atoms with Crippen molar-refractivity contribution in [3.05, 3.63) is 22.3 Å². The molecular weight excluding hydrogens is 284 g/mol. The first-order chi connectivity index (χ1) is 7.79. The molecule has 1 fully saturated rings. The predicted octanol–water partition coefficient (Wildman–Crippen LogP) is 4.00. The Hall–Kier alpha value is -0.530. The van der Waals surface area contributed by atoms with Crippen molar-refractivity contribution in [3.8, 4) is 6.07 Å². The first-order valence-electron chi connectivity index (χ1n) is 5.48. The summed E-state index contributed by atoms with van der Waals surface area (Å²) in [6, 6.07) is 4.04. The van der Waals surface area contributed by atoms with Crippen molar-refractivity contribution in [2.45, 2.75) is 30.7 Å². The Labute approximate surface area is 109 Å². The molecule has 1 aliphatic carbocycles. The molecule has 1 aliphatic rings. The fraction of sp³-hybridized carbons (Fsp3) is 0.500. The van der Waals surface area contributed by atoms with Gasteiger partial charge in [-0.15, -0.1) is 11.8 Å². The number of pyridine rings is 1. The average molecular weight is 297 g/mol. The van der Waals surface area contributed by atoms with Crippen molar-refractivity contribution in [3.63, 3.8) is 0 Å². The van der Waals surface area contributed by atoms with Crippen LogP contribution >= 0.6 is 27.7 Å². The van der Waals surface area contributed by atoms with Crippen molar-refractivity contribution in [2.75, 3.05) is 5.75 Å². The Morgan fingerprint density at radius 3 is 2.94 bits per heavy atom. The first-order valence-corrected chi connectivity index (χ1v) is 7.26. The van der Waals surface area contributed by atoms with Crippen LogP contribution in [0.1, 0.15) is 31.2 Å². The number of halogens is 1. The van der Waals surface area contributed by atoms with Gasteiger partial charge in [-0.25, -0.2) is 4.98 Å². The quantitative estimate of drug-likeness (QED) is 0.791. The highest BCUT2D eigenvalue weighted by molar-refractivity contribution is 9.10. The average Bonchev–Trinajstić information content (AvgIpc) is 2.80.